The van der Waals surface area contributed by atoms with Crippen molar-refractivity contribution in [1.29, 1.82) is 0 Å². The molecule has 2 unspecified atom stereocenters. The van der Waals surface area contributed by atoms with Crippen LogP contribution < -0.4 is 5.32 Å². The van der Waals surface area contributed by atoms with Crippen LogP contribution in [0, 0.1) is 11.3 Å². The molecule has 4 nitrogen and oxygen atoms in total. The zero-order chi connectivity index (χ0) is 16.1. The van der Waals surface area contributed by atoms with Gasteiger partial charge in [0.25, 0.3) is 0 Å². The average Bonchev–Trinajstić information content (AvgIpc) is 2.36. The molecule has 21 heavy (non-hydrogen) atoms. The summed E-state index contributed by atoms with van der Waals surface area (Å²) in [4.78, 5) is 0. The summed E-state index contributed by atoms with van der Waals surface area (Å²) in [6.45, 7) is 11.0. The maximum absolute atomic E-state index is 11.5. The summed E-state index contributed by atoms with van der Waals surface area (Å²) in [5, 5.41) is 3.69. The Labute approximate surface area is 131 Å². The Kier molecular flexibility index (Phi) is 7.14. The molecule has 1 rings (SSSR count). The third-order valence-electron chi connectivity index (χ3n) is 4.69. The molecule has 5 heteroatoms. The maximum Gasteiger partial charge on any atom is 0.211 e. The van der Waals surface area contributed by atoms with Crippen LogP contribution in [0.15, 0.2) is 0 Å². The van der Waals surface area contributed by atoms with Gasteiger partial charge in [0.1, 0.15) is 0 Å². The maximum atomic E-state index is 11.5. The van der Waals surface area contributed by atoms with Crippen LogP contribution in [0.4, 0.5) is 0 Å². The highest BCUT2D eigenvalue weighted by Crippen LogP contribution is 2.37. The molecule has 0 amide bonds. The van der Waals surface area contributed by atoms with Gasteiger partial charge in [-0.25, -0.2) is 12.7 Å². The van der Waals surface area contributed by atoms with E-state index in [0.717, 1.165) is 18.9 Å². The molecular weight excluding hydrogens is 284 g/mol. The first-order valence-corrected chi connectivity index (χ1v) is 10.2. The van der Waals surface area contributed by atoms with E-state index >= 15 is 0 Å². The first kappa shape index (κ1) is 18.9. The fourth-order valence-electron chi connectivity index (χ4n) is 3.51. The van der Waals surface area contributed by atoms with Gasteiger partial charge < -0.3 is 5.32 Å². The van der Waals surface area contributed by atoms with E-state index in [1.807, 2.05) is 6.92 Å². The largest absolute Gasteiger partial charge is 0.314 e. The zero-order valence-electron chi connectivity index (χ0n) is 14.5. The van der Waals surface area contributed by atoms with Crippen LogP contribution in [0.25, 0.3) is 0 Å². The van der Waals surface area contributed by atoms with Gasteiger partial charge in [-0.3, -0.25) is 0 Å². The van der Waals surface area contributed by atoms with Crippen molar-refractivity contribution in [2.24, 2.45) is 11.3 Å². The van der Waals surface area contributed by atoms with Crippen molar-refractivity contribution < 1.29 is 8.42 Å². The summed E-state index contributed by atoms with van der Waals surface area (Å²) in [7, 11) is -3.05. The lowest BCUT2D eigenvalue weighted by atomic mass is 9.69. The highest BCUT2D eigenvalue weighted by atomic mass is 32.2. The molecule has 0 aliphatic heterocycles. The molecule has 1 fully saturated rings. The lowest BCUT2D eigenvalue weighted by molar-refractivity contribution is 0.131. The van der Waals surface area contributed by atoms with Crippen LogP contribution >= 0.6 is 0 Å². The van der Waals surface area contributed by atoms with Crippen molar-refractivity contribution in [3.05, 3.63) is 0 Å². The molecule has 0 saturated heterocycles. The summed E-state index contributed by atoms with van der Waals surface area (Å²) < 4.78 is 24.6. The molecule has 1 N–H and O–H groups in total. The second kappa shape index (κ2) is 7.93. The standard InChI is InChI=1S/C16H34N2O2S/c1-6-18(21(5,19)20)13-9-12-17-15-11-8-7-10-14(15)16(2,3)4/h14-15,17H,6-13H2,1-5H3. The van der Waals surface area contributed by atoms with Crippen LogP contribution in [0.3, 0.4) is 0 Å². The van der Waals surface area contributed by atoms with E-state index in [2.05, 4.69) is 26.1 Å². The first-order chi connectivity index (χ1) is 9.66. The van der Waals surface area contributed by atoms with Crippen molar-refractivity contribution >= 4 is 10.0 Å². The van der Waals surface area contributed by atoms with Crippen LogP contribution in [0.1, 0.15) is 59.8 Å². The number of rotatable bonds is 7. The van der Waals surface area contributed by atoms with E-state index in [-0.39, 0.29) is 0 Å². The van der Waals surface area contributed by atoms with E-state index in [4.69, 9.17) is 0 Å². The molecule has 0 bridgehead atoms. The van der Waals surface area contributed by atoms with E-state index in [1.165, 1.54) is 31.9 Å². The van der Waals surface area contributed by atoms with Gasteiger partial charge in [0.15, 0.2) is 0 Å². The predicted octanol–water partition coefficient (Wildman–Crippen LogP) is 2.85. The molecular formula is C16H34N2O2S. The lowest BCUT2D eigenvalue weighted by Crippen LogP contribution is -2.45. The van der Waals surface area contributed by atoms with Gasteiger partial charge in [-0.1, -0.05) is 40.5 Å². The van der Waals surface area contributed by atoms with Gasteiger partial charge >= 0.3 is 0 Å². The number of nitrogens with zero attached hydrogens (tertiary/aromatic N) is 1. The molecule has 0 aromatic heterocycles. The first-order valence-electron chi connectivity index (χ1n) is 8.34. The second-order valence-electron chi connectivity index (χ2n) is 7.43. The van der Waals surface area contributed by atoms with Crippen LogP contribution in [0.2, 0.25) is 0 Å². The Morgan fingerprint density at radius 3 is 2.33 bits per heavy atom. The number of sulfonamides is 1. The van der Waals surface area contributed by atoms with E-state index < -0.39 is 10.0 Å². The molecule has 2 atom stereocenters. The highest BCUT2D eigenvalue weighted by molar-refractivity contribution is 7.88. The van der Waals surface area contributed by atoms with Crippen molar-refractivity contribution in [2.45, 2.75) is 65.8 Å². The minimum Gasteiger partial charge on any atom is -0.314 e. The minimum atomic E-state index is -3.05. The number of hydrogen-bond donors (Lipinski definition) is 1. The Morgan fingerprint density at radius 1 is 1.19 bits per heavy atom. The molecule has 1 aliphatic carbocycles. The van der Waals surface area contributed by atoms with E-state index in [1.54, 1.807) is 4.31 Å². The Balaban J connectivity index is 2.40. The van der Waals surface area contributed by atoms with Gasteiger partial charge in [0.05, 0.1) is 6.26 Å². The summed E-state index contributed by atoms with van der Waals surface area (Å²) in [5.74, 6) is 0.725. The smallest absolute Gasteiger partial charge is 0.211 e. The Hall–Kier alpha value is -0.130. The fraction of sp³-hybridized carbons (Fsp3) is 1.00. The normalized spacial score (nSPS) is 24.5. The molecule has 1 saturated carbocycles. The molecule has 0 radical (unpaired) electrons. The van der Waals surface area contributed by atoms with Gasteiger partial charge in [-0.15, -0.1) is 0 Å². The van der Waals surface area contributed by atoms with Crippen LogP contribution in [-0.2, 0) is 10.0 Å². The number of hydrogen-bond acceptors (Lipinski definition) is 3. The number of nitrogens with one attached hydrogen (secondary N) is 1. The van der Waals surface area contributed by atoms with E-state index in [9.17, 15) is 8.42 Å². The quantitative estimate of drug-likeness (QED) is 0.734. The van der Waals surface area contributed by atoms with Gasteiger partial charge in [-0.05, 0) is 37.1 Å². The Morgan fingerprint density at radius 2 is 1.81 bits per heavy atom. The lowest BCUT2D eigenvalue weighted by Gasteiger charge is -2.41. The van der Waals surface area contributed by atoms with E-state index in [0.29, 0.717) is 24.5 Å². The zero-order valence-corrected chi connectivity index (χ0v) is 15.3. The molecule has 0 aromatic carbocycles. The summed E-state index contributed by atoms with van der Waals surface area (Å²) in [5.41, 5.74) is 0.348. The van der Waals surface area contributed by atoms with Crippen molar-refractivity contribution in [1.82, 2.24) is 9.62 Å². The fourth-order valence-corrected chi connectivity index (χ4v) is 4.44. The minimum absolute atomic E-state index is 0.348. The molecule has 0 aromatic rings. The second-order valence-corrected chi connectivity index (χ2v) is 9.41. The molecule has 1 aliphatic rings. The van der Waals surface area contributed by atoms with Gasteiger partial charge in [0, 0.05) is 19.1 Å². The Bertz CT molecular complexity index is 401. The average molecular weight is 319 g/mol. The topological polar surface area (TPSA) is 49.4 Å². The molecule has 126 valence electrons. The van der Waals surface area contributed by atoms with Gasteiger partial charge in [-0.2, -0.15) is 0 Å². The highest BCUT2D eigenvalue weighted by Gasteiger charge is 2.33. The molecule has 0 spiro atoms. The predicted molar refractivity (Wildman–Crippen MR) is 89.9 cm³/mol. The van der Waals surface area contributed by atoms with Crippen LogP contribution in [-0.4, -0.2) is 44.7 Å². The van der Waals surface area contributed by atoms with Gasteiger partial charge in [0.2, 0.25) is 10.0 Å². The third-order valence-corrected chi connectivity index (χ3v) is 6.07. The summed E-state index contributed by atoms with van der Waals surface area (Å²) >= 11 is 0. The SMILES string of the molecule is CCN(CCCNC1CCCCC1C(C)(C)C)S(C)(=O)=O. The monoisotopic (exact) mass is 318 g/mol. The summed E-state index contributed by atoms with van der Waals surface area (Å²) in [6, 6.07) is 0.590. The van der Waals surface area contributed by atoms with Crippen LogP contribution in [0.5, 0.6) is 0 Å². The third kappa shape index (κ3) is 6.25. The summed E-state index contributed by atoms with van der Waals surface area (Å²) in [6.07, 6.45) is 7.40. The van der Waals surface area contributed by atoms with Crippen molar-refractivity contribution in [2.75, 3.05) is 25.9 Å². The van der Waals surface area contributed by atoms with Crippen molar-refractivity contribution in [3.8, 4) is 0 Å². The molecule has 0 heterocycles. The van der Waals surface area contributed by atoms with Crippen molar-refractivity contribution in [3.63, 3.8) is 0 Å².